The van der Waals surface area contributed by atoms with E-state index < -0.39 is 24.3 Å². The number of aromatic carboxylic acids is 1. The first-order chi connectivity index (χ1) is 11.6. The first-order valence-corrected chi connectivity index (χ1v) is 6.92. The van der Waals surface area contributed by atoms with E-state index in [1.807, 2.05) is 0 Å². The number of nitrogens with one attached hydrogen (secondary N) is 1. The molecule has 11 heteroatoms. The van der Waals surface area contributed by atoms with E-state index in [2.05, 4.69) is 20.4 Å². The lowest BCUT2D eigenvalue weighted by Crippen LogP contribution is -2.30. The van der Waals surface area contributed by atoms with Crippen LogP contribution in [0.25, 0.3) is 0 Å². The van der Waals surface area contributed by atoms with E-state index in [-0.39, 0.29) is 18.0 Å². The number of nitrogens with zero attached hydrogens (tertiary/aromatic N) is 3. The lowest BCUT2D eigenvalue weighted by molar-refractivity contribution is -0.274. The van der Waals surface area contributed by atoms with Crippen molar-refractivity contribution in [3.8, 4) is 5.75 Å². The molecule has 0 aliphatic heterocycles. The molecule has 0 saturated carbocycles. The van der Waals surface area contributed by atoms with E-state index in [1.54, 1.807) is 6.92 Å². The smallest absolute Gasteiger partial charge is 0.476 e. The van der Waals surface area contributed by atoms with Gasteiger partial charge in [-0.05, 0) is 24.6 Å². The molecule has 0 spiro atoms. The summed E-state index contributed by atoms with van der Waals surface area (Å²) in [5, 5.41) is 18.2. The van der Waals surface area contributed by atoms with E-state index >= 15 is 0 Å². The molecule has 2 N–H and O–H groups in total. The van der Waals surface area contributed by atoms with Gasteiger partial charge in [-0.2, -0.15) is 0 Å². The first-order valence-electron chi connectivity index (χ1n) is 6.92. The van der Waals surface area contributed by atoms with Gasteiger partial charge in [0, 0.05) is 0 Å². The second-order valence-electron chi connectivity index (χ2n) is 5.01. The van der Waals surface area contributed by atoms with E-state index in [1.165, 1.54) is 12.1 Å². The van der Waals surface area contributed by atoms with Crippen LogP contribution in [0.1, 0.15) is 29.0 Å². The van der Waals surface area contributed by atoms with Gasteiger partial charge in [0.1, 0.15) is 12.3 Å². The standard InChI is InChI=1S/C14H13F3N4O4/c1-8(9-2-4-10(5-3-9)25-14(15,16)17)18-12(22)7-21-6-11(13(23)24)19-20-21/h2-6,8H,7H2,1H3,(H,18,22)(H,23,24)/t8-/m0/s1. The maximum atomic E-state index is 12.1. The van der Waals surface area contributed by atoms with Gasteiger partial charge >= 0.3 is 12.3 Å². The van der Waals surface area contributed by atoms with Gasteiger partial charge in [0.25, 0.3) is 0 Å². The Morgan fingerprint density at radius 2 is 1.96 bits per heavy atom. The lowest BCUT2D eigenvalue weighted by Gasteiger charge is -2.15. The zero-order valence-electron chi connectivity index (χ0n) is 12.8. The number of carboxylic acids is 1. The maximum Gasteiger partial charge on any atom is 0.573 e. The molecular weight excluding hydrogens is 345 g/mol. The third-order valence-corrected chi connectivity index (χ3v) is 3.05. The molecule has 0 aliphatic rings. The van der Waals surface area contributed by atoms with Crippen molar-refractivity contribution in [1.82, 2.24) is 20.3 Å². The van der Waals surface area contributed by atoms with Crippen molar-refractivity contribution in [3.63, 3.8) is 0 Å². The van der Waals surface area contributed by atoms with Crippen molar-refractivity contribution in [2.24, 2.45) is 0 Å². The van der Waals surface area contributed by atoms with Crippen LogP contribution in [0.5, 0.6) is 5.75 Å². The van der Waals surface area contributed by atoms with Crippen LogP contribution in [-0.4, -0.2) is 38.3 Å². The van der Waals surface area contributed by atoms with Gasteiger partial charge in [0.2, 0.25) is 5.91 Å². The number of aromatic nitrogens is 3. The fourth-order valence-corrected chi connectivity index (χ4v) is 1.95. The van der Waals surface area contributed by atoms with Crippen LogP contribution in [0, 0.1) is 0 Å². The van der Waals surface area contributed by atoms with Crippen LogP contribution in [0.2, 0.25) is 0 Å². The van der Waals surface area contributed by atoms with Crippen LogP contribution in [0.3, 0.4) is 0 Å². The summed E-state index contributed by atoms with van der Waals surface area (Å²) in [6.07, 6.45) is -3.66. The number of hydrogen-bond acceptors (Lipinski definition) is 5. The number of alkyl halides is 3. The van der Waals surface area contributed by atoms with Crippen molar-refractivity contribution in [2.75, 3.05) is 0 Å². The highest BCUT2D eigenvalue weighted by Crippen LogP contribution is 2.24. The molecule has 0 unspecified atom stereocenters. The Morgan fingerprint density at radius 3 is 2.48 bits per heavy atom. The number of halogens is 3. The predicted octanol–water partition coefficient (Wildman–Crippen LogP) is 1.75. The molecule has 1 atom stereocenters. The summed E-state index contributed by atoms with van der Waals surface area (Å²) in [6.45, 7) is 1.39. The summed E-state index contributed by atoms with van der Waals surface area (Å²) in [6, 6.07) is 4.58. The van der Waals surface area contributed by atoms with Gasteiger partial charge in [-0.25, -0.2) is 9.48 Å². The molecule has 0 fully saturated rings. The number of carboxylic acid groups (broad SMARTS) is 1. The van der Waals surface area contributed by atoms with Crippen molar-refractivity contribution < 1.29 is 32.6 Å². The minimum absolute atomic E-state index is 0.250. The van der Waals surface area contributed by atoms with Crippen molar-refractivity contribution in [1.29, 1.82) is 0 Å². The van der Waals surface area contributed by atoms with Gasteiger partial charge < -0.3 is 15.2 Å². The summed E-state index contributed by atoms with van der Waals surface area (Å²) in [5.74, 6) is -2.09. The predicted molar refractivity (Wildman–Crippen MR) is 76.7 cm³/mol. The second-order valence-corrected chi connectivity index (χ2v) is 5.01. The Labute approximate surface area is 139 Å². The Kier molecular flexibility index (Phi) is 5.25. The van der Waals surface area contributed by atoms with Crippen molar-refractivity contribution >= 4 is 11.9 Å². The molecule has 1 aromatic carbocycles. The first kappa shape index (κ1) is 18.2. The van der Waals surface area contributed by atoms with Crippen LogP contribution >= 0.6 is 0 Å². The molecule has 25 heavy (non-hydrogen) atoms. The fourth-order valence-electron chi connectivity index (χ4n) is 1.95. The molecule has 134 valence electrons. The normalized spacial score (nSPS) is 12.5. The summed E-state index contributed by atoms with van der Waals surface area (Å²) in [5.41, 5.74) is 0.272. The Morgan fingerprint density at radius 1 is 1.32 bits per heavy atom. The quantitative estimate of drug-likeness (QED) is 0.815. The van der Waals surface area contributed by atoms with Crippen molar-refractivity contribution in [3.05, 3.63) is 41.7 Å². The lowest BCUT2D eigenvalue weighted by atomic mass is 10.1. The van der Waals surface area contributed by atoms with Gasteiger partial charge in [-0.1, -0.05) is 17.3 Å². The molecule has 1 heterocycles. The molecule has 2 rings (SSSR count). The summed E-state index contributed by atoms with van der Waals surface area (Å²) in [4.78, 5) is 22.6. The average Bonchev–Trinajstić information content (AvgIpc) is 2.94. The fraction of sp³-hybridized carbons (Fsp3) is 0.286. The number of carbonyl (C=O) groups is 2. The number of carbonyl (C=O) groups excluding carboxylic acids is 1. The molecule has 1 aromatic heterocycles. The van der Waals surface area contributed by atoms with E-state index in [0.29, 0.717) is 5.56 Å². The minimum Gasteiger partial charge on any atom is -0.476 e. The molecule has 2 aromatic rings. The monoisotopic (exact) mass is 358 g/mol. The Balaban J connectivity index is 1.92. The highest BCUT2D eigenvalue weighted by molar-refractivity contribution is 5.84. The number of hydrogen-bond donors (Lipinski definition) is 2. The Bertz CT molecular complexity index is 758. The number of amides is 1. The maximum absolute atomic E-state index is 12.1. The molecule has 1 amide bonds. The summed E-state index contributed by atoms with van der Waals surface area (Å²) in [7, 11) is 0. The summed E-state index contributed by atoms with van der Waals surface area (Å²) >= 11 is 0. The summed E-state index contributed by atoms with van der Waals surface area (Å²) < 4.78 is 41.1. The zero-order chi connectivity index (χ0) is 18.6. The van der Waals surface area contributed by atoms with E-state index in [9.17, 15) is 22.8 Å². The molecule has 0 radical (unpaired) electrons. The third-order valence-electron chi connectivity index (χ3n) is 3.05. The zero-order valence-corrected chi connectivity index (χ0v) is 12.8. The van der Waals surface area contributed by atoms with Gasteiger partial charge in [0.15, 0.2) is 5.69 Å². The molecule has 8 nitrogen and oxygen atoms in total. The van der Waals surface area contributed by atoms with Crippen LogP contribution < -0.4 is 10.1 Å². The van der Waals surface area contributed by atoms with Crippen LogP contribution in [0.4, 0.5) is 13.2 Å². The molecule has 0 aliphatic carbocycles. The van der Waals surface area contributed by atoms with Crippen LogP contribution in [0.15, 0.2) is 30.5 Å². The molecule has 0 saturated heterocycles. The molecular formula is C14H13F3N4O4. The largest absolute Gasteiger partial charge is 0.573 e. The third kappa shape index (κ3) is 5.48. The van der Waals surface area contributed by atoms with E-state index in [0.717, 1.165) is 23.0 Å². The molecule has 0 bridgehead atoms. The van der Waals surface area contributed by atoms with Gasteiger partial charge in [-0.15, -0.1) is 18.3 Å². The minimum atomic E-state index is -4.77. The Hall–Kier alpha value is -3.11. The highest BCUT2D eigenvalue weighted by atomic mass is 19.4. The van der Waals surface area contributed by atoms with Gasteiger partial charge in [-0.3, -0.25) is 4.79 Å². The number of rotatable bonds is 6. The van der Waals surface area contributed by atoms with E-state index in [4.69, 9.17) is 5.11 Å². The SMILES string of the molecule is C[C@H](NC(=O)Cn1cc(C(=O)O)nn1)c1ccc(OC(F)(F)F)cc1. The van der Waals surface area contributed by atoms with Crippen molar-refractivity contribution in [2.45, 2.75) is 25.9 Å². The van der Waals surface area contributed by atoms with Crippen LogP contribution in [-0.2, 0) is 11.3 Å². The number of ether oxygens (including phenoxy) is 1. The highest BCUT2D eigenvalue weighted by Gasteiger charge is 2.31. The van der Waals surface area contributed by atoms with Gasteiger partial charge in [0.05, 0.1) is 12.2 Å². The average molecular weight is 358 g/mol. The number of benzene rings is 1. The topological polar surface area (TPSA) is 106 Å². The second kappa shape index (κ2) is 7.20.